The number of rotatable bonds is 0. The first-order valence-electron chi connectivity index (χ1n) is 2.46. The van der Waals surface area contributed by atoms with Crippen molar-refractivity contribution in [2.24, 2.45) is 0 Å². The molecule has 1 nitrogen and oxygen atoms in total. The van der Waals surface area contributed by atoms with Crippen LogP contribution in [0.3, 0.4) is 0 Å². The molecule has 9 heavy (non-hydrogen) atoms. The summed E-state index contributed by atoms with van der Waals surface area (Å²) in [5.74, 6) is 0.307. The van der Waals surface area contributed by atoms with Crippen molar-refractivity contribution in [1.29, 1.82) is 0 Å². The van der Waals surface area contributed by atoms with E-state index in [0.29, 0.717) is 5.75 Å². The summed E-state index contributed by atoms with van der Waals surface area (Å²) in [7, 11) is 0. The molecule has 0 aliphatic heterocycles. The molecule has 0 bridgehead atoms. The molecule has 0 aromatic heterocycles. The maximum absolute atomic E-state index is 8.79. The van der Waals surface area contributed by atoms with Crippen LogP contribution in [-0.4, -0.2) is 5.11 Å². The molecule has 2 heteroatoms. The van der Waals surface area contributed by atoms with Crippen molar-refractivity contribution < 1.29 is 37.8 Å². The maximum atomic E-state index is 8.79. The Bertz CT molecular complexity index is 169. The third kappa shape index (κ3) is 2.97. The van der Waals surface area contributed by atoms with E-state index in [-0.39, 0.29) is 32.7 Å². The van der Waals surface area contributed by atoms with E-state index in [1.807, 2.05) is 6.92 Å². The minimum absolute atomic E-state index is 0. The van der Waals surface area contributed by atoms with Gasteiger partial charge in [0.2, 0.25) is 0 Å². The van der Waals surface area contributed by atoms with E-state index in [1.165, 1.54) is 0 Å². The minimum atomic E-state index is 0. The molecule has 0 saturated carbocycles. The van der Waals surface area contributed by atoms with E-state index < -0.39 is 0 Å². The Labute approximate surface area is 80.0 Å². The van der Waals surface area contributed by atoms with Crippen LogP contribution >= 0.6 is 0 Å². The smallest absolute Gasteiger partial charge is 0.00846 e. The van der Waals surface area contributed by atoms with Crippen molar-refractivity contribution in [3.8, 4) is 5.75 Å². The third-order valence-corrected chi connectivity index (χ3v) is 0.929. The van der Waals surface area contributed by atoms with E-state index in [2.05, 4.69) is 6.07 Å². The van der Waals surface area contributed by atoms with Gasteiger partial charge >= 0.3 is 0 Å². The molecule has 0 aliphatic rings. The number of aryl methyl sites for hydroxylation is 1. The van der Waals surface area contributed by atoms with Gasteiger partial charge in [-0.05, 0) is 0 Å². The van der Waals surface area contributed by atoms with E-state index in [9.17, 15) is 0 Å². The zero-order valence-electron chi connectivity index (χ0n) is 5.26. The average Bonchev–Trinajstić information content (AvgIpc) is 1.64. The summed E-state index contributed by atoms with van der Waals surface area (Å²) in [6, 6.07) is 7.88. The molecular formula is C7H7OY-. The van der Waals surface area contributed by atoms with E-state index in [0.717, 1.165) is 5.56 Å². The van der Waals surface area contributed by atoms with Crippen LogP contribution in [0.1, 0.15) is 5.56 Å². The zero-order chi connectivity index (χ0) is 5.98. The summed E-state index contributed by atoms with van der Waals surface area (Å²) in [6.45, 7) is 1.89. The van der Waals surface area contributed by atoms with Gasteiger partial charge in [0.1, 0.15) is 0 Å². The van der Waals surface area contributed by atoms with Crippen LogP contribution in [0, 0.1) is 13.0 Å². The van der Waals surface area contributed by atoms with Crippen molar-refractivity contribution >= 4 is 0 Å². The average molecular weight is 196 g/mol. The van der Waals surface area contributed by atoms with Crippen LogP contribution in [0.25, 0.3) is 0 Å². The molecule has 0 heterocycles. The first-order chi connectivity index (χ1) is 3.79. The molecule has 1 radical (unpaired) electrons. The number of benzene rings is 1. The Hall–Kier alpha value is 0.124. The van der Waals surface area contributed by atoms with Crippen LogP contribution in [-0.2, 0) is 32.7 Å². The fraction of sp³-hybridized carbons (Fsp3) is 0.143. The van der Waals surface area contributed by atoms with Crippen LogP contribution in [0.2, 0.25) is 0 Å². The fourth-order valence-corrected chi connectivity index (χ4v) is 0.570. The molecule has 0 amide bonds. The van der Waals surface area contributed by atoms with Gasteiger partial charge in [-0.3, -0.25) is 0 Å². The van der Waals surface area contributed by atoms with Gasteiger partial charge in [-0.1, -0.05) is 6.92 Å². The standard InChI is InChI=1S/C7H7O.Y/c1-6-3-2-4-7(8)5-6;/h2,4-5,8H,1H3;/q-1;. The summed E-state index contributed by atoms with van der Waals surface area (Å²) >= 11 is 0. The van der Waals surface area contributed by atoms with E-state index >= 15 is 0 Å². The molecule has 0 aliphatic carbocycles. The number of aromatic hydroxyl groups is 1. The van der Waals surface area contributed by atoms with Gasteiger partial charge in [0.05, 0.1) is 0 Å². The monoisotopic (exact) mass is 196 g/mol. The molecule has 0 spiro atoms. The zero-order valence-corrected chi connectivity index (χ0v) is 8.09. The van der Waals surface area contributed by atoms with Crippen molar-refractivity contribution in [3.63, 3.8) is 0 Å². The maximum Gasteiger partial charge on any atom is 0.00846 e. The van der Waals surface area contributed by atoms with Gasteiger partial charge in [-0.15, -0.1) is 12.1 Å². The van der Waals surface area contributed by atoms with Gasteiger partial charge < -0.3 is 5.11 Å². The molecule has 1 aromatic rings. The van der Waals surface area contributed by atoms with E-state index in [1.54, 1.807) is 18.2 Å². The minimum Gasteiger partial charge on any atom is -0.533 e. The Morgan fingerprint density at radius 1 is 1.56 bits per heavy atom. The van der Waals surface area contributed by atoms with Crippen molar-refractivity contribution in [3.05, 3.63) is 29.8 Å². The Morgan fingerprint density at radius 2 is 2.22 bits per heavy atom. The number of phenolic OH excluding ortho intramolecular Hbond substituents is 1. The summed E-state index contributed by atoms with van der Waals surface area (Å²) in [5, 5.41) is 8.79. The summed E-state index contributed by atoms with van der Waals surface area (Å²) in [4.78, 5) is 0. The largest absolute Gasteiger partial charge is 0.533 e. The predicted octanol–water partition coefficient (Wildman–Crippen LogP) is 1.50. The summed E-state index contributed by atoms with van der Waals surface area (Å²) < 4.78 is 0. The number of hydrogen-bond acceptors (Lipinski definition) is 1. The first kappa shape index (κ1) is 9.12. The molecule has 1 N–H and O–H groups in total. The molecule has 1 rings (SSSR count). The van der Waals surface area contributed by atoms with Gasteiger partial charge in [-0.2, -0.15) is 17.7 Å². The third-order valence-electron chi connectivity index (χ3n) is 0.929. The predicted molar refractivity (Wildman–Crippen MR) is 31.7 cm³/mol. The van der Waals surface area contributed by atoms with Gasteiger partial charge in [0, 0.05) is 38.5 Å². The molecule has 45 valence electrons. The molecule has 0 saturated heterocycles. The van der Waals surface area contributed by atoms with Gasteiger partial charge in [0.25, 0.3) is 0 Å². The SMILES string of the molecule is Cc1[c-]ccc(O)c1.[Y]. The van der Waals surface area contributed by atoms with Gasteiger partial charge in [0.15, 0.2) is 0 Å². The second-order valence-electron chi connectivity index (χ2n) is 1.73. The van der Waals surface area contributed by atoms with Crippen molar-refractivity contribution in [1.82, 2.24) is 0 Å². The first-order valence-corrected chi connectivity index (χ1v) is 2.46. The van der Waals surface area contributed by atoms with Crippen LogP contribution < -0.4 is 0 Å². The Morgan fingerprint density at radius 3 is 2.56 bits per heavy atom. The second kappa shape index (κ2) is 4.02. The van der Waals surface area contributed by atoms with Crippen LogP contribution in [0.5, 0.6) is 5.75 Å². The normalized spacial score (nSPS) is 8.11. The molecule has 0 unspecified atom stereocenters. The Balaban J connectivity index is 0.000000640. The van der Waals surface area contributed by atoms with E-state index in [4.69, 9.17) is 5.11 Å². The molecular weight excluding hydrogens is 189 g/mol. The second-order valence-corrected chi connectivity index (χ2v) is 1.73. The number of phenols is 1. The topological polar surface area (TPSA) is 20.2 Å². The van der Waals surface area contributed by atoms with Crippen LogP contribution in [0.4, 0.5) is 0 Å². The number of hydrogen-bond donors (Lipinski definition) is 1. The molecule has 1 aromatic carbocycles. The van der Waals surface area contributed by atoms with Crippen molar-refractivity contribution in [2.75, 3.05) is 0 Å². The molecule has 0 atom stereocenters. The van der Waals surface area contributed by atoms with Crippen LogP contribution in [0.15, 0.2) is 18.2 Å². The summed E-state index contributed by atoms with van der Waals surface area (Å²) in [5.41, 5.74) is 0.963. The fourth-order valence-electron chi connectivity index (χ4n) is 0.570. The Kier molecular flexibility index (Phi) is 4.08. The summed E-state index contributed by atoms with van der Waals surface area (Å²) in [6.07, 6.45) is 0. The van der Waals surface area contributed by atoms with Crippen molar-refractivity contribution in [2.45, 2.75) is 6.92 Å². The van der Waals surface area contributed by atoms with Gasteiger partial charge in [-0.25, -0.2) is 0 Å². The molecule has 0 fully saturated rings. The quantitative estimate of drug-likeness (QED) is 0.623.